The van der Waals surface area contributed by atoms with E-state index in [2.05, 4.69) is 0 Å². The number of halogens is 4. The van der Waals surface area contributed by atoms with Gasteiger partial charge in [-0.3, -0.25) is 0 Å². The van der Waals surface area contributed by atoms with E-state index in [0.29, 0.717) is 21.2 Å². The van der Waals surface area contributed by atoms with Crippen molar-refractivity contribution in [1.82, 2.24) is 0 Å². The van der Waals surface area contributed by atoms with Crippen LogP contribution in [-0.2, 0) is 0 Å². The van der Waals surface area contributed by atoms with E-state index in [1.165, 1.54) is 12.1 Å². The molecular weight excluding hydrogens is 282 g/mol. The first kappa shape index (κ1) is 12.7. The van der Waals surface area contributed by atoms with Crippen LogP contribution in [0.4, 0.5) is 4.39 Å². The maximum absolute atomic E-state index is 13.1. The van der Waals surface area contributed by atoms with Crippen molar-refractivity contribution in [2.75, 3.05) is 0 Å². The van der Waals surface area contributed by atoms with E-state index in [1.807, 2.05) is 0 Å². The standard InChI is InChI=1S/C13H8Cl3F/c14-9-4-5-11(12(15)7-9)13(16)8-2-1-3-10(17)6-8/h1-7,13H. The fourth-order valence-corrected chi connectivity index (χ4v) is 2.45. The highest BCUT2D eigenvalue weighted by Gasteiger charge is 2.14. The average Bonchev–Trinajstić information content (AvgIpc) is 2.28. The monoisotopic (exact) mass is 288 g/mol. The fraction of sp³-hybridized carbons (Fsp3) is 0.0769. The lowest BCUT2D eigenvalue weighted by molar-refractivity contribution is 0.626. The summed E-state index contributed by atoms with van der Waals surface area (Å²) < 4.78 is 13.1. The normalized spacial score (nSPS) is 12.5. The van der Waals surface area contributed by atoms with Crippen LogP contribution in [0.15, 0.2) is 42.5 Å². The van der Waals surface area contributed by atoms with Crippen molar-refractivity contribution in [2.45, 2.75) is 5.38 Å². The SMILES string of the molecule is Fc1cccc(C(Cl)c2ccc(Cl)cc2Cl)c1. The van der Waals surface area contributed by atoms with Crippen LogP contribution in [0.5, 0.6) is 0 Å². The third kappa shape index (κ3) is 2.92. The second-order valence-corrected chi connectivity index (χ2v) is 4.86. The summed E-state index contributed by atoms with van der Waals surface area (Å²) in [5.74, 6) is -0.321. The zero-order chi connectivity index (χ0) is 12.4. The summed E-state index contributed by atoms with van der Waals surface area (Å²) in [5.41, 5.74) is 1.37. The van der Waals surface area contributed by atoms with Crippen molar-refractivity contribution in [3.63, 3.8) is 0 Å². The van der Waals surface area contributed by atoms with Gasteiger partial charge >= 0.3 is 0 Å². The van der Waals surface area contributed by atoms with Crippen molar-refractivity contribution >= 4 is 34.8 Å². The number of benzene rings is 2. The second-order valence-electron chi connectivity index (χ2n) is 3.58. The Morgan fingerprint density at radius 2 is 1.76 bits per heavy atom. The van der Waals surface area contributed by atoms with Crippen molar-refractivity contribution in [3.8, 4) is 0 Å². The molecule has 0 radical (unpaired) electrons. The quantitative estimate of drug-likeness (QED) is 0.644. The molecule has 0 heterocycles. The molecule has 0 aliphatic rings. The Bertz CT molecular complexity index is 540. The molecule has 0 aromatic heterocycles. The van der Waals surface area contributed by atoms with Gasteiger partial charge in [0, 0.05) is 10.0 Å². The maximum atomic E-state index is 13.1. The van der Waals surface area contributed by atoms with E-state index in [0.717, 1.165) is 0 Å². The molecule has 0 nitrogen and oxygen atoms in total. The van der Waals surface area contributed by atoms with Gasteiger partial charge in [-0.15, -0.1) is 11.6 Å². The van der Waals surface area contributed by atoms with Gasteiger partial charge < -0.3 is 0 Å². The van der Waals surface area contributed by atoms with Crippen LogP contribution in [0.3, 0.4) is 0 Å². The summed E-state index contributed by atoms with van der Waals surface area (Å²) in [6, 6.07) is 11.2. The van der Waals surface area contributed by atoms with Crippen LogP contribution in [0.2, 0.25) is 10.0 Å². The molecule has 2 aromatic carbocycles. The largest absolute Gasteiger partial charge is 0.207 e. The molecule has 0 aliphatic heterocycles. The molecule has 0 spiro atoms. The second kappa shape index (κ2) is 5.26. The lowest BCUT2D eigenvalue weighted by Crippen LogP contribution is -1.95. The van der Waals surface area contributed by atoms with Crippen LogP contribution < -0.4 is 0 Å². The Hall–Kier alpha value is -0.760. The maximum Gasteiger partial charge on any atom is 0.123 e. The smallest absolute Gasteiger partial charge is 0.123 e. The molecule has 0 saturated carbocycles. The van der Waals surface area contributed by atoms with Gasteiger partial charge in [-0.2, -0.15) is 0 Å². The highest BCUT2D eigenvalue weighted by atomic mass is 35.5. The lowest BCUT2D eigenvalue weighted by atomic mass is 10.0. The van der Waals surface area contributed by atoms with Gasteiger partial charge in [-0.25, -0.2) is 4.39 Å². The first-order chi connectivity index (χ1) is 8.08. The first-order valence-electron chi connectivity index (χ1n) is 4.92. The minimum atomic E-state index is -0.490. The van der Waals surface area contributed by atoms with Crippen molar-refractivity contribution in [3.05, 3.63) is 69.5 Å². The summed E-state index contributed by atoms with van der Waals surface area (Å²) in [5, 5.41) is 0.527. The highest BCUT2D eigenvalue weighted by Crippen LogP contribution is 2.34. The molecule has 0 N–H and O–H groups in total. The summed E-state index contributed by atoms with van der Waals surface area (Å²) in [6.45, 7) is 0. The highest BCUT2D eigenvalue weighted by molar-refractivity contribution is 6.36. The molecule has 0 saturated heterocycles. The molecule has 0 bridgehead atoms. The Labute approximate surface area is 114 Å². The lowest BCUT2D eigenvalue weighted by Gasteiger charge is -2.12. The minimum Gasteiger partial charge on any atom is -0.207 e. The Kier molecular flexibility index (Phi) is 3.93. The fourth-order valence-electron chi connectivity index (χ4n) is 1.55. The predicted molar refractivity (Wildman–Crippen MR) is 70.6 cm³/mol. The van der Waals surface area contributed by atoms with Gasteiger partial charge in [0.25, 0.3) is 0 Å². The van der Waals surface area contributed by atoms with Gasteiger partial charge in [-0.05, 0) is 35.4 Å². The van der Waals surface area contributed by atoms with Gasteiger partial charge in [0.15, 0.2) is 0 Å². The summed E-state index contributed by atoms with van der Waals surface area (Å²) in [7, 11) is 0. The Morgan fingerprint density at radius 1 is 1.00 bits per heavy atom. The molecule has 0 fully saturated rings. The summed E-state index contributed by atoms with van der Waals surface area (Å²) >= 11 is 18.1. The molecule has 17 heavy (non-hydrogen) atoms. The first-order valence-corrected chi connectivity index (χ1v) is 6.11. The molecular formula is C13H8Cl3F. The van der Waals surface area contributed by atoms with Crippen LogP contribution >= 0.6 is 34.8 Å². The Morgan fingerprint density at radius 3 is 2.41 bits per heavy atom. The average molecular weight is 290 g/mol. The number of alkyl halides is 1. The number of hydrogen-bond acceptors (Lipinski definition) is 0. The van der Waals surface area contributed by atoms with E-state index < -0.39 is 5.38 Å². The minimum absolute atomic E-state index is 0.321. The molecule has 0 amide bonds. The molecule has 88 valence electrons. The van der Waals surface area contributed by atoms with E-state index in [4.69, 9.17) is 34.8 Å². The molecule has 2 rings (SSSR count). The molecule has 2 aromatic rings. The third-order valence-corrected chi connectivity index (χ3v) is 3.43. The zero-order valence-corrected chi connectivity index (χ0v) is 10.9. The van der Waals surface area contributed by atoms with Gasteiger partial charge in [0.1, 0.15) is 5.82 Å². The van der Waals surface area contributed by atoms with E-state index in [1.54, 1.807) is 30.3 Å². The van der Waals surface area contributed by atoms with Gasteiger partial charge in [-0.1, -0.05) is 41.4 Å². The van der Waals surface area contributed by atoms with Crippen LogP contribution in [-0.4, -0.2) is 0 Å². The molecule has 1 atom stereocenters. The van der Waals surface area contributed by atoms with E-state index in [9.17, 15) is 4.39 Å². The predicted octanol–water partition coefficient (Wildman–Crippen LogP) is 5.46. The number of hydrogen-bond donors (Lipinski definition) is 0. The molecule has 4 heteroatoms. The molecule has 1 unspecified atom stereocenters. The summed E-state index contributed by atoms with van der Waals surface area (Å²) in [6.07, 6.45) is 0. The third-order valence-electron chi connectivity index (χ3n) is 2.38. The van der Waals surface area contributed by atoms with E-state index >= 15 is 0 Å². The van der Waals surface area contributed by atoms with Crippen LogP contribution in [0.1, 0.15) is 16.5 Å². The van der Waals surface area contributed by atoms with Crippen LogP contribution in [0, 0.1) is 5.82 Å². The van der Waals surface area contributed by atoms with Crippen molar-refractivity contribution in [2.24, 2.45) is 0 Å². The summed E-state index contributed by atoms with van der Waals surface area (Å²) in [4.78, 5) is 0. The molecule has 0 aliphatic carbocycles. The van der Waals surface area contributed by atoms with Gasteiger partial charge in [0.2, 0.25) is 0 Å². The van der Waals surface area contributed by atoms with Crippen molar-refractivity contribution in [1.29, 1.82) is 0 Å². The zero-order valence-electron chi connectivity index (χ0n) is 8.63. The van der Waals surface area contributed by atoms with Gasteiger partial charge in [0.05, 0.1) is 5.38 Å². The Balaban J connectivity index is 2.40. The van der Waals surface area contributed by atoms with E-state index in [-0.39, 0.29) is 5.82 Å². The van der Waals surface area contributed by atoms with Crippen LogP contribution in [0.25, 0.3) is 0 Å². The van der Waals surface area contributed by atoms with Crippen molar-refractivity contribution < 1.29 is 4.39 Å². The topological polar surface area (TPSA) is 0 Å². The number of rotatable bonds is 2.